The fourth-order valence-electron chi connectivity index (χ4n) is 6.41. The summed E-state index contributed by atoms with van der Waals surface area (Å²) in [5.41, 5.74) is 5.66. The van der Waals surface area contributed by atoms with Crippen LogP contribution in [-0.4, -0.2) is 34.1 Å². The molecule has 0 radical (unpaired) electrons. The number of carbonyl (C=O) groups is 2. The van der Waals surface area contributed by atoms with Crippen molar-refractivity contribution < 1.29 is 9.59 Å². The van der Waals surface area contributed by atoms with Crippen LogP contribution in [0.5, 0.6) is 0 Å². The smallest absolute Gasteiger partial charge is 0.223 e. The topological polar surface area (TPSA) is 63.4 Å². The normalized spacial score (nSPS) is 45.3. The second-order valence-corrected chi connectivity index (χ2v) is 10.6. The van der Waals surface area contributed by atoms with Gasteiger partial charge in [0.1, 0.15) is 0 Å². The summed E-state index contributed by atoms with van der Waals surface area (Å²) in [6.07, 6.45) is 10.0. The summed E-state index contributed by atoms with van der Waals surface area (Å²) in [5.74, 6) is 1.48. The second kappa shape index (κ2) is 5.47. The predicted octanol–water partition coefficient (Wildman–Crippen LogP) is 2.83. The van der Waals surface area contributed by atoms with Crippen LogP contribution in [0.4, 0.5) is 0 Å². The van der Waals surface area contributed by atoms with Crippen LogP contribution in [0.2, 0.25) is 0 Å². The lowest BCUT2D eigenvalue weighted by molar-refractivity contribution is -0.141. The summed E-state index contributed by atoms with van der Waals surface area (Å²) in [6.45, 7) is 1.33. The SMILES string of the molecule is NC(=O)C1CCCN(C(=O)CC23CC4CC(CC(Br)(C4)C2)C3)C1. The van der Waals surface area contributed by atoms with E-state index in [1.165, 1.54) is 32.1 Å². The summed E-state index contributed by atoms with van der Waals surface area (Å²) in [7, 11) is 0. The lowest BCUT2D eigenvalue weighted by Crippen LogP contribution is -2.54. The minimum absolute atomic E-state index is 0.147. The number of rotatable bonds is 3. The van der Waals surface area contributed by atoms with Gasteiger partial charge in [-0.3, -0.25) is 9.59 Å². The largest absolute Gasteiger partial charge is 0.369 e. The van der Waals surface area contributed by atoms with Crippen molar-refractivity contribution in [3.05, 3.63) is 0 Å². The molecule has 1 saturated heterocycles. The van der Waals surface area contributed by atoms with Gasteiger partial charge >= 0.3 is 0 Å². The lowest BCUT2D eigenvalue weighted by atomic mass is 9.48. The molecule has 4 nitrogen and oxygen atoms in total. The molecule has 2 amide bonds. The number of hydrogen-bond donors (Lipinski definition) is 1. The van der Waals surface area contributed by atoms with E-state index in [2.05, 4.69) is 15.9 Å². The fourth-order valence-corrected chi connectivity index (χ4v) is 7.92. The average molecular weight is 383 g/mol. The van der Waals surface area contributed by atoms with Crippen molar-refractivity contribution in [3.63, 3.8) is 0 Å². The Morgan fingerprint density at radius 2 is 1.87 bits per heavy atom. The van der Waals surface area contributed by atoms with Crippen LogP contribution >= 0.6 is 15.9 Å². The van der Waals surface area contributed by atoms with Crippen molar-refractivity contribution in [2.45, 2.75) is 62.1 Å². The van der Waals surface area contributed by atoms with Gasteiger partial charge in [0, 0.05) is 23.8 Å². The van der Waals surface area contributed by atoms with E-state index in [1.807, 2.05) is 4.90 Å². The molecule has 1 aliphatic heterocycles. The van der Waals surface area contributed by atoms with Gasteiger partial charge in [-0.2, -0.15) is 0 Å². The second-order valence-electron chi connectivity index (χ2n) is 8.87. The Balaban J connectivity index is 1.45. The van der Waals surface area contributed by atoms with Crippen LogP contribution in [0.15, 0.2) is 0 Å². The zero-order valence-electron chi connectivity index (χ0n) is 13.7. The minimum Gasteiger partial charge on any atom is -0.369 e. The molecule has 5 rings (SSSR count). The van der Waals surface area contributed by atoms with Crippen LogP contribution < -0.4 is 5.73 Å². The van der Waals surface area contributed by atoms with Crippen LogP contribution in [0.1, 0.15) is 57.8 Å². The van der Waals surface area contributed by atoms with Crippen LogP contribution in [0.3, 0.4) is 0 Å². The third kappa shape index (κ3) is 2.94. The molecule has 0 spiro atoms. The molecule has 2 N–H and O–H groups in total. The van der Waals surface area contributed by atoms with Gasteiger partial charge in [-0.05, 0) is 68.6 Å². The first-order valence-electron chi connectivity index (χ1n) is 9.13. The number of hydrogen-bond acceptors (Lipinski definition) is 2. The third-order valence-electron chi connectivity index (χ3n) is 6.81. The number of halogens is 1. The highest BCUT2D eigenvalue weighted by Crippen LogP contribution is 2.65. The number of carbonyl (C=O) groups excluding carboxylic acids is 2. The van der Waals surface area contributed by atoms with E-state index in [9.17, 15) is 9.59 Å². The Bertz CT molecular complexity index is 521. The van der Waals surface area contributed by atoms with E-state index in [1.54, 1.807) is 0 Å². The number of amides is 2. The standard InChI is InChI=1S/C18H27BrN2O2/c19-18-7-12-4-13(8-18)6-17(5-12,11-18)9-15(22)21-3-1-2-14(10-21)16(20)23/h12-14H,1-11H2,(H2,20,23). The Labute approximate surface area is 146 Å². The average Bonchev–Trinajstić information content (AvgIpc) is 2.44. The summed E-state index contributed by atoms with van der Waals surface area (Å²) >= 11 is 4.02. The first-order chi connectivity index (χ1) is 10.9. The van der Waals surface area contributed by atoms with Gasteiger partial charge in [-0.25, -0.2) is 0 Å². The highest BCUT2D eigenvalue weighted by Gasteiger charge is 2.57. The molecule has 4 bridgehead atoms. The molecule has 1 heterocycles. The fraction of sp³-hybridized carbons (Fsp3) is 0.889. The first kappa shape index (κ1) is 15.9. The van der Waals surface area contributed by atoms with Crippen molar-refractivity contribution in [1.82, 2.24) is 4.90 Å². The monoisotopic (exact) mass is 382 g/mol. The van der Waals surface area contributed by atoms with Gasteiger partial charge in [0.25, 0.3) is 0 Å². The van der Waals surface area contributed by atoms with Crippen molar-refractivity contribution in [1.29, 1.82) is 0 Å². The molecular weight excluding hydrogens is 356 g/mol. The molecule has 3 atom stereocenters. The molecule has 0 aromatic heterocycles. The van der Waals surface area contributed by atoms with Crippen LogP contribution in [-0.2, 0) is 9.59 Å². The molecule has 4 saturated carbocycles. The van der Waals surface area contributed by atoms with Gasteiger partial charge in [-0.15, -0.1) is 0 Å². The molecule has 23 heavy (non-hydrogen) atoms. The zero-order chi connectivity index (χ0) is 16.2. The molecule has 128 valence electrons. The van der Waals surface area contributed by atoms with E-state index in [0.717, 1.165) is 37.6 Å². The molecular formula is C18H27BrN2O2. The maximum atomic E-state index is 12.9. The number of likely N-dealkylation sites (tertiary alicyclic amines) is 1. The Morgan fingerprint density at radius 3 is 2.48 bits per heavy atom. The van der Waals surface area contributed by atoms with Gasteiger partial charge in [0.2, 0.25) is 11.8 Å². The molecule has 4 aliphatic carbocycles. The van der Waals surface area contributed by atoms with Crippen LogP contribution in [0.25, 0.3) is 0 Å². The highest BCUT2D eigenvalue weighted by molar-refractivity contribution is 9.10. The molecule has 3 unspecified atom stereocenters. The first-order valence-corrected chi connectivity index (χ1v) is 9.92. The minimum atomic E-state index is -0.253. The molecule has 5 fully saturated rings. The third-order valence-corrected chi connectivity index (χ3v) is 7.74. The van der Waals surface area contributed by atoms with Crippen molar-refractivity contribution >= 4 is 27.7 Å². The van der Waals surface area contributed by atoms with Crippen molar-refractivity contribution in [3.8, 4) is 0 Å². The summed E-state index contributed by atoms with van der Waals surface area (Å²) in [5, 5.41) is 0. The van der Waals surface area contributed by atoms with E-state index in [0.29, 0.717) is 17.3 Å². The maximum Gasteiger partial charge on any atom is 0.223 e. The van der Waals surface area contributed by atoms with E-state index in [-0.39, 0.29) is 23.1 Å². The lowest BCUT2D eigenvalue weighted by Gasteiger charge is -2.60. The van der Waals surface area contributed by atoms with Gasteiger partial charge < -0.3 is 10.6 Å². The number of nitrogens with zero attached hydrogens (tertiary/aromatic N) is 1. The summed E-state index contributed by atoms with van der Waals surface area (Å²) in [6, 6.07) is 0. The number of primary amides is 1. The highest BCUT2D eigenvalue weighted by atomic mass is 79.9. The summed E-state index contributed by atoms with van der Waals surface area (Å²) in [4.78, 5) is 26.3. The molecule has 5 heteroatoms. The Hall–Kier alpha value is -0.580. The molecule has 5 aliphatic rings. The van der Waals surface area contributed by atoms with Gasteiger partial charge in [-0.1, -0.05) is 15.9 Å². The molecule has 0 aromatic rings. The summed E-state index contributed by atoms with van der Waals surface area (Å²) < 4.78 is 0.301. The maximum absolute atomic E-state index is 12.9. The zero-order valence-corrected chi connectivity index (χ0v) is 15.3. The Morgan fingerprint density at radius 1 is 1.17 bits per heavy atom. The van der Waals surface area contributed by atoms with Crippen molar-refractivity contribution in [2.75, 3.05) is 13.1 Å². The van der Waals surface area contributed by atoms with E-state index in [4.69, 9.17) is 5.73 Å². The quantitative estimate of drug-likeness (QED) is 0.762. The van der Waals surface area contributed by atoms with Crippen LogP contribution in [0, 0.1) is 23.2 Å². The van der Waals surface area contributed by atoms with Crippen molar-refractivity contribution in [2.24, 2.45) is 28.9 Å². The van der Waals surface area contributed by atoms with E-state index >= 15 is 0 Å². The number of alkyl halides is 1. The predicted molar refractivity (Wildman–Crippen MR) is 91.9 cm³/mol. The number of piperidine rings is 1. The van der Waals surface area contributed by atoms with Gasteiger partial charge in [0.15, 0.2) is 0 Å². The molecule has 0 aromatic carbocycles. The Kier molecular flexibility index (Phi) is 3.78. The van der Waals surface area contributed by atoms with Gasteiger partial charge in [0.05, 0.1) is 5.92 Å². The van der Waals surface area contributed by atoms with E-state index < -0.39 is 0 Å². The number of nitrogens with two attached hydrogens (primary N) is 1.